The van der Waals surface area contributed by atoms with Crippen molar-refractivity contribution in [2.75, 3.05) is 6.54 Å². The number of aromatic nitrogens is 3. The standard InChI is InChI=1S/C30H28N4O2/c1-20(35)22-10-8-21(9-11-22)14-15-31-29(23-6-4-3-5-7-23)30(36)26-17-32-27-16-24(12-13-25(26)27)28-18-34(2)19-33-28/h3-13,16-19,29,31-32H,14-15H2,1-2H3/t29-/m1/s1. The van der Waals surface area contributed by atoms with E-state index in [-0.39, 0.29) is 11.6 Å². The zero-order valence-electron chi connectivity index (χ0n) is 20.4. The summed E-state index contributed by atoms with van der Waals surface area (Å²) in [7, 11) is 1.94. The van der Waals surface area contributed by atoms with Crippen LogP contribution in [0, 0.1) is 0 Å². The van der Waals surface area contributed by atoms with Gasteiger partial charge in [0, 0.05) is 53.6 Å². The molecule has 0 bridgehead atoms. The van der Waals surface area contributed by atoms with Crippen molar-refractivity contribution in [2.45, 2.75) is 19.4 Å². The smallest absolute Gasteiger partial charge is 0.186 e. The predicted octanol–water partition coefficient (Wildman–Crippen LogP) is 5.53. The average Bonchev–Trinajstić information content (AvgIpc) is 3.53. The molecule has 0 saturated heterocycles. The molecular formula is C30H28N4O2. The summed E-state index contributed by atoms with van der Waals surface area (Å²) < 4.78 is 1.91. The van der Waals surface area contributed by atoms with Crippen molar-refractivity contribution in [3.63, 3.8) is 0 Å². The van der Waals surface area contributed by atoms with Gasteiger partial charge in [-0.1, -0.05) is 66.7 Å². The van der Waals surface area contributed by atoms with Crippen LogP contribution in [0.25, 0.3) is 22.2 Å². The van der Waals surface area contributed by atoms with Crippen molar-refractivity contribution >= 4 is 22.5 Å². The first-order valence-corrected chi connectivity index (χ1v) is 12.0. The lowest BCUT2D eigenvalue weighted by molar-refractivity contribution is 0.0944. The molecule has 36 heavy (non-hydrogen) atoms. The highest BCUT2D eigenvalue weighted by atomic mass is 16.1. The maximum absolute atomic E-state index is 13.8. The van der Waals surface area contributed by atoms with Gasteiger partial charge in [0.05, 0.1) is 18.1 Å². The summed E-state index contributed by atoms with van der Waals surface area (Å²) in [5, 5.41) is 4.36. The van der Waals surface area contributed by atoms with Gasteiger partial charge in [-0.05, 0) is 30.5 Å². The molecule has 6 heteroatoms. The predicted molar refractivity (Wildman–Crippen MR) is 142 cm³/mol. The average molecular weight is 477 g/mol. The van der Waals surface area contributed by atoms with Gasteiger partial charge < -0.3 is 14.9 Å². The second-order valence-electron chi connectivity index (χ2n) is 9.05. The Bertz CT molecular complexity index is 1510. The number of nitrogens with one attached hydrogen (secondary N) is 2. The molecule has 2 aromatic heterocycles. The van der Waals surface area contributed by atoms with E-state index in [2.05, 4.69) is 15.3 Å². The van der Waals surface area contributed by atoms with E-state index < -0.39 is 6.04 Å². The summed E-state index contributed by atoms with van der Waals surface area (Å²) in [6, 6.07) is 23.0. The van der Waals surface area contributed by atoms with Crippen LogP contribution in [-0.4, -0.2) is 32.6 Å². The van der Waals surface area contributed by atoms with E-state index in [0.29, 0.717) is 17.7 Å². The van der Waals surface area contributed by atoms with Gasteiger partial charge in [-0.2, -0.15) is 0 Å². The second kappa shape index (κ2) is 10.1. The lowest BCUT2D eigenvalue weighted by Gasteiger charge is -2.18. The lowest BCUT2D eigenvalue weighted by atomic mass is 9.96. The van der Waals surface area contributed by atoms with Gasteiger partial charge >= 0.3 is 0 Å². The second-order valence-corrected chi connectivity index (χ2v) is 9.05. The topological polar surface area (TPSA) is 79.8 Å². The Morgan fingerprint density at radius 2 is 1.81 bits per heavy atom. The molecule has 5 rings (SSSR count). The summed E-state index contributed by atoms with van der Waals surface area (Å²) in [6.07, 6.45) is 6.29. The van der Waals surface area contributed by atoms with E-state index in [4.69, 9.17) is 0 Å². The molecule has 0 amide bonds. The molecular weight excluding hydrogens is 448 g/mol. The number of H-pyrrole nitrogens is 1. The number of imidazole rings is 1. The Hall–Kier alpha value is -4.29. The number of hydrogen-bond donors (Lipinski definition) is 2. The fraction of sp³-hybridized carbons (Fsp3) is 0.167. The molecule has 0 spiro atoms. The number of rotatable bonds is 9. The summed E-state index contributed by atoms with van der Waals surface area (Å²) in [4.78, 5) is 33.0. The van der Waals surface area contributed by atoms with Crippen LogP contribution in [0.5, 0.6) is 0 Å². The van der Waals surface area contributed by atoms with E-state index in [1.54, 1.807) is 19.4 Å². The number of carbonyl (C=O) groups excluding carboxylic acids is 2. The molecule has 0 unspecified atom stereocenters. The lowest BCUT2D eigenvalue weighted by Crippen LogP contribution is -2.30. The number of Topliss-reactive ketones (excluding diaryl/α,β-unsaturated/α-hetero) is 2. The molecule has 2 heterocycles. The molecule has 3 aromatic carbocycles. The highest BCUT2D eigenvalue weighted by Gasteiger charge is 2.24. The highest BCUT2D eigenvalue weighted by molar-refractivity contribution is 6.11. The molecule has 0 aliphatic heterocycles. The first kappa shape index (κ1) is 23.5. The number of carbonyl (C=O) groups is 2. The van der Waals surface area contributed by atoms with Crippen LogP contribution in [-0.2, 0) is 13.5 Å². The van der Waals surface area contributed by atoms with E-state index >= 15 is 0 Å². The fourth-order valence-corrected chi connectivity index (χ4v) is 4.48. The van der Waals surface area contributed by atoms with Crippen LogP contribution in [0.1, 0.15) is 44.8 Å². The van der Waals surface area contributed by atoms with Gasteiger partial charge in [0.2, 0.25) is 0 Å². The Morgan fingerprint density at radius 3 is 2.50 bits per heavy atom. The number of aryl methyl sites for hydroxylation is 1. The number of fused-ring (bicyclic) bond motifs is 1. The van der Waals surface area contributed by atoms with E-state index in [1.165, 1.54) is 0 Å². The van der Waals surface area contributed by atoms with Crippen LogP contribution in [0.15, 0.2) is 91.5 Å². The quantitative estimate of drug-likeness (QED) is 0.274. The molecule has 0 radical (unpaired) electrons. The van der Waals surface area contributed by atoms with Crippen molar-refractivity contribution in [1.82, 2.24) is 19.9 Å². The molecule has 180 valence electrons. The zero-order chi connectivity index (χ0) is 25.1. The van der Waals surface area contributed by atoms with E-state index in [0.717, 1.165) is 39.7 Å². The fourth-order valence-electron chi connectivity index (χ4n) is 4.48. The number of nitrogens with zero attached hydrogens (tertiary/aromatic N) is 2. The van der Waals surface area contributed by atoms with Gasteiger partial charge in [-0.25, -0.2) is 4.98 Å². The van der Waals surface area contributed by atoms with Crippen molar-refractivity contribution in [3.05, 3.63) is 114 Å². The van der Waals surface area contributed by atoms with Gasteiger partial charge in [0.1, 0.15) is 0 Å². The summed E-state index contributed by atoms with van der Waals surface area (Å²) in [5.41, 5.74) is 6.19. The molecule has 6 nitrogen and oxygen atoms in total. The maximum atomic E-state index is 13.8. The van der Waals surface area contributed by atoms with Gasteiger partial charge in [0.25, 0.3) is 0 Å². The number of aromatic amines is 1. The molecule has 0 saturated carbocycles. The van der Waals surface area contributed by atoms with Gasteiger partial charge in [0.15, 0.2) is 11.6 Å². The van der Waals surface area contributed by atoms with Crippen molar-refractivity contribution < 1.29 is 9.59 Å². The Labute approximate surface area is 210 Å². The van der Waals surface area contributed by atoms with Crippen LogP contribution in [0.3, 0.4) is 0 Å². The third-order valence-corrected chi connectivity index (χ3v) is 6.47. The normalized spacial score (nSPS) is 12.1. The van der Waals surface area contributed by atoms with Crippen LogP contribution in [0.4, 0.5) is 0 Å². The summed E-state index contributed by atoms with van der Waals surface area (Å²) in [5.74, 6) is 0.0743. The first-order valence-electron chi connectivity index (χ1n) is 12.0. The van der Waals surface area contributed by atoms with Crippen LogP contribution < -0.4 is 5.32 Å². The molecule has 2 N–H and O–H groups in total. The minimum absolute atomic E-state index is 0.0185. The van der Waals surface area contributed by atoms with E-state index in [9.17, 15) is 9.59 Å². The molecule has 5 aromatic rings. The highest BCUT2D eigenvalue weighted by Crippen LogP contribution is 2.28. The van der Waals surface area contributed by atoms with Crippen molar-refractivity contribution in [3.8, 4) is 11.3 Å². The Morgan fingerprint density at radius 1 is 1.03 bits per heavy atom. The molecule has 1 atom stereocenters. The minimum atomic E-state index is -0.475. The zero-order valence-corrected chi connectivity index (χ0v) is 20.4. The Balaban J connectivity index is 1.37. The van der Waals surface area contributed by atoms with Gasteiger partial charge in [-0.3, -0.25) is 9.59 Å². The van der Waals surface area contributed by atoms with Crippen LogP contribution in [0.2, 0.25) is 0 Å². The first-order chi connectivity index (χ1) is 17.5. The number of ketones is 2. The maximum Gasteiger partial charge on any atom is 0.186 e. The Kier molecular flexibility index (Phi) is 6.60. The van der Waals surface area contributed by atoms with E-state index in [1.807, 2.05) is 90.6 Å². The number of hydrogen-bond acceptors (Lipinski definition) is 4. The number of benzene rings is 3. The monoisotopic (exact) mass is 476 g/mol. The summed E-state index contributed by atoms with van der Waals surface area (Å²) in [6.45, 7) is 2.19. The SMILES string of the molecule is CC(=O)c1ccc(CCN[C@@H](C(=O)c2c[nH]c3cc(-c4cn(C)cn4)ccc23)c2ccccc2)cc1. The molecule has 0 fully saturated rings. The van der Waals surface area contributed by atoms with Crippen molar-refractivity contribution in [2.24, 2.45) is 7.05 Å². The summed E-state index contributed by atoms with van der Waals surface area (Å²) >= 11 is 0. The third-order valence-electron chi connectivity index (χ3n) is 6.47. The van der Waals surface area contributed by atoms with Gasteiger partial charge in [-0.15, -0.1) is 0 Å². The molecule has 0 aliphatic rings. The third kappa shape index (κ3) is 4.90. The van der Waals surface area contributed by atoms with Crippen molar-refractivity contribution in [1.29, 1.82) is 0 Å². The largest absolute Gasteiger partial charge is 0.360 e. The minimum Gasteiger partial charge on any atom is -0.360 e. The van der Waals surface area contributed by atoms with Crippen LogP contribution >= 0.6 is 0 Å². The molecule has 0 aliphatic carbocycles.